The van der Waals surface area contributed by atoms with Gasteiger partial charge in [0.25, 0.3) is 0 Å². The molecular formula is C13H25Cl. The molecule has 0 N–H and O–H groups in total. The van der Waals surface area contributed by atoms with E-state index in [4.69, 9.17) is 11.6 Å². The summed E-state index contributed by atoms with van der Waals surface area (Å²) in [5, 5.41) is 0. The Kier molecular flexibility index (Phi) is 11.1. The normalized spacial score (nSPS) is 17.0. The van der Waals surface area contributed by atoms with Crippen LogP contribution >= 0.6 is 11.6 Å². The van der Waals surface area contributed by atoms with Gasteiger partial charge in [-0.2, -0.15) is 0 Å². The van der Waals surface area contributed by atoms with E-state index < -0.39 is 0 Å². The molecule has 0 radical (unpaired) electrons. The van der Waals surface area contributed by atoms with Crippen molar-refractivity contribution in [3.8, 4) is 0 Å². The first kappa shape index (κ1) is 14.0. The van der Waals surface area contributed by atoms with Gasteiger partial charge in [0, 0.05) is 0 Å². The van der Waals surface area contributed by atoms with E-state index in [1.165, 1.54) is 63.3 Å². The van der Waals surface area contributed by atoms with Crippen LogP contribution in [0.3, 0.4) is 0 Å². The van der Waals surface area contributed by atoms with E-state index in [1.54, 1.807) is 0 Å². The molecule has 1 rings (SSSR count). The van der Waals surface area contributed by atoms with Crippen molar-refractivity contribution in [2.24, 2.45) is 5.92 Å². The monoisotopic (exact) mass is 216 g/mol. The average molecular weight is 217 g/mol. The van der Waals surface area contributed by atoms with Crippen LogP contribution in [0, 0.1) is 5.92 Å². The van der Waals surface area contributed by atoms with Crippen LogP contribution in [-0.4, -0.2) is 0 Å². The first-order valence-corrected chi connectivity index (χ1v) is 6.49. The van der Waals surface area contributed by atoms with Crippen molar-refractivity contribution in [2.45, 2.75) is 64.7 Å². The molecule has 1 aliphatic rings. The summed E-state index contributed by atoms with van der Waals surface area (Å²) in [5.41, 5.74) is 1.22. The molecule has 0 aromatic rings. The van der Waals surface area contributed by atoms with Gasteiger partial charge in [-0.15, -0.1) is 0 Å². The third-order valence-electron chi connectivity index (χ3n) is 2.94. The summed E-state index contributed by atoms with van der Waals surface area (Å²) in [4.78, 5) is 0. The van der Waals surface area contributed by atoms with Crippen molar-refractivity contribution < 1.29 is 0 Å². The minimum atomic E-state index is 1.11. The van der Waals surface area contributed by atoms with Crippen LogP contribution in [0.25, 0.3) is 0 Å². The number of rotatable bonds is 4. The third kappa shape index (κ3) is 8.62. The molecule has 0 heterocycles. The highest BCUT2D eigenvalue weighted by Gasteiger charge is 2.11. The fourth-order valence-corrected chi connectivity index (χ4v) is 2.16. The maximum atomic E-state index is 4.76. The lowest BCUT2D eigenvalue weighted by molar-refractivity contribution is 0.329. The molecule has 0 aromatic carbocycles. The van der Waals surface area contributed by atoms with Gasteiger partial charge in [-0.25, -0.2) is 0 Å². The Morgan fingerprint density at radius 3 is 2.29 bits per heavy atom. The summed E-state index contributed by atoms with van der Waals surface area (Å²) in [6.07, 6.45) is 13.4. The molecule has 1 fully saturated rings. The molecule has 0 aromatic heterocycles. The van der Waals surface area contributed by atoms with Crippen molar-refractivity contribution in [3.63, 3.8) is 0 Å². The van der Waals surface area contributed by atoms with E-state index in [0.29, 0.717) is 0 Å². The highest BCUT2D eigenvalue weighted by Crippen LogP contribution is 2.27. The Hall–Kier alpha value is 0.0300. The van der Waals surface area contributed by atoms with Crippen molar-refractivity contribution in [3.05, 3.63) is 12.1 Å². The van der Waals surface area contributed by atoms with Gasteiger partial charge >= 0.3 is 0 Å². The number of hydrogen-bond donors (Lipinski definition) is 0. The van der Waals surface area contributed by atoms with E-state index >= 15 is 0 Å². The van der Waals surface area contributed by atoms with E-state index in [-0.39, 0.29) is 0 Å². The molecule has 0 aliphatic heterocycles. The van der Waals surface area contributed by atoms with Gasteiger partial charge in [-0.05, 0) is 11.5 Å². The number of halogens is 1. The van der Waals surface area contributed by atoms with E-state index in [0.717, 1.165) is 5.92 Å². The Morgan fingerprint density at radius 2 is 1.79 bits per heavy atom. The average Bonchev–Trinajstić information content (AvgIpc) is 2.21. The molecule has 0 atom stereocenters. The maximum Gasteiger partial charge on any atom is -0.00296 e. The fourth-order valence-electron chi connectivity index (χ4n) is 2.16. The minimum Gasteiger partial charge on any atom is -0.0936 e. The summed E-state index contributed by atoms with van der Waals surface area (Å²) in [6, 6.07) is 0. The van der Waals surface area contributed by atoms with Crippen LogP contribution in [0.5, 0.6) is 0 Å². The Bertz CT molecular complexity index is 114. The quantitative estimate of drug-likeness (QED) is 0.543. The highest BCUT2D eigenvalue weighted by atomic mass is 35.5. The van der Waals surface area contributed by atoms with Gasteiger partial charge in [-0.3, -0.25) is 0 Å². The van der Waals surface area contributed by atoms with E-state index in [9.17, 15) is 0 Å². The Labute approximate surface area is 94.7 Å². The summed E-state index contributed by atoms with van der Waals surface area (Å²) >= 11 is 4.76. The van der Waals surface area contributed by atoms with Gasteiger partial charge in [0.1, 0.15) is 0 Å². The molecule has 1 saturated carbocycles. The predicted molar refractivity (Wildman–Crippen MR) is 66.8 cm³/mol. The van der Waals surface area contributed by atoms with Crippen LogP contribution in [0.15, 0.2) is 12.1 Å². The van der Waals surface area contributed by atoms with Gasteiger partial charge < -0.3 is 0 Å². The second kappa shape index (κ2) is 11.1. The molecule has 0 saturated heterocycles. The first-order valence-electron chi connectivity index (χ1n) is 6.06. The molecule has 14 heavy (non-hydrogen) atoms. The van der Waals surface area contributed by atoms with Gasteiger partial charge in [0.05, 0.1) is 0 Å². The Morgan fingerprint density at radius 1 is 1.21 bits per heavy atom. The van der Waals surface area contributed by atoms with Crippen molar-refractivity contribution in [1.82, 2.24) is 0 Å². The zero-order chi connectivity index (χ0) is 10.6. The largest absolute Gasteiger partial charge is 0.0936 e. The molecular weight excluding hydrogens is 192 g/mol. The standard InChI is InChI=1S/C11H22.C2H3Cl/c1-2-3-5-8-11-9-6-4-7-10-11;1-2-3/h11H,2-10H2,1H3;2H,1H2. The predicted octanol–water partition coefficient (Wildman–Crippen LogP) is 5.52. The summed E-state index contributed by atoms with van der Waals surface area (Å²) in [6.45, 7) is 5.42. The zero-order valence-corrected chi connectivity index (χ0v) is 10.4. The van der Waals surface area contributed by atoms with E-state index in [1.807, 2.05) is 0 Å². The third-order valence-corrected chi connectivity index (χ3v) is 2.94. The SMILES string of the molecule is C=CCl.CCCCCC1CCCCC1. The molecule has 1 heteroatoms. The number of hydrogen-bond acceptors (Lipinski definition) is 0. The number of unbranched alkanes of at least 4 members (excludes halogenated alkanes) is 2. The summed E-state index contributed by atoms with van der Waals surface area (Å²) < 4.78 is 0. The molecule has 0 unspecified atom stereocenters. The molecule has 0 amide bonds. The molecule has 0 bridgehead atoms. The summed E-state index contributed by atoms with van der Waals surface area (Å²) in [7, 11) is 0. The van der Waals surface area contributed by atoms with Crippen LogP contribution < -0.4 is 0 Å². The second-order valence-corrected chi connectivity index (χ2v) is 4.46. The van der Waals surface area contributed by atoms with Gasteiger partial charge in [0.2, 0.25) is 0 Å². The minimum absolute atomic E-state index is 1.11. The first-order chi connectivity index (χ1) is 6.85. The second-order valence-electron chi connectivity index (χ2n) is 4.15. The highest BCUT2D eigenvalue weighted by molar-refractivity contribution is 6.25. The zero-order valence-electron chi connectivity index (χ0n) is 9.60. The van der Waals surface area contributed by atoms with Gasteiger partial charge in [0.15, 0.2) is 0 Å². The molecule has 84 valence electrons. The van der Waals surface area contributed by atoms with Crippen LogP contribution in [-0.2, 0) is 0 Å². The lowest BCUT2D eigenvalue weighted by Crippen LogP contribution is -2.05. The van der Waals surface area contributed by atoms with Crippen LogP contribution in [0.1, 0.15) is 64.7 Å². The fraction of sp³-hybridized carbons (Fsp3) is 0.846. The van der Waals surface area contributed by atoms with Crippen molar-refractivity contribution >= 4 is 11.6 Å². The maximum absolute atomic E-state index is 4.76. The Balaban J connectivity index is 0.000000500. The van der Waals surface area contributed by atoms with E-state index in [2.05, 4.69) is 13.5 Å². The lowest BCUT2D eigenvalue weighted by atomic mass is 9.86. The summed E-state index contributed by atoms with van der Waals surface area (Å²) in [5.74, 6) is 1.11. The van der Waals surface area contributed by atoms with Crippen LogP contribution in [0.4, 0.5) is 0 Å². The lowest BCUT2D eigenvalue weighted by Gasteiger charge is -2.20. The molecule has 0 spiro atoms. The topological polar surface area (TPSA) is 0 Å². The molecule has 1 aliphatic carbocycles. The van der Waals surface area contributed by atoms with Gasteiger partial charge in [-0.1, -0.05) is 82.9 Å². The molecule has 0 nitrogen and oxygen atoms in total. The van der Waals surface area contributed by atoms with Crippen LogP contribution in [0.2, 0.25) is 0 Å². The smallest absolute Gasteiger partial charge is 0.00296 e. The van der Waals surface area contributed by atoms with Crippen molar-refractivity contribution in [1.29, 1.82) is 0 Å². The van der Waals surface area contributed by atoms with Crippen molar-refractivity contribution in [2.75, 3.05) is 0 Å².